The van der Waals surface area contributed by atoms with Crippen molar-refractivity contribution in [2.45, 2.75) is 52.2 Å². The van der Waals surface area contributed by atoms with Crippen molar-refractivity contribution < 1.29 is 29.1 Å². The molecule has 0 aromatic rings. The molecule has 162 valence electrons. The van der Waals surface area contributed by atoms with Gasteiger partial charge in [0.2, 0.25) is 0 Å². The quantitative estimate of drug-likeness (QED) is 0.530. The molecule has 0 aromatic carbocycles. The number of carbonyl (C=O) groups is 2. The van der Waals surface area contributed by atoms with E-state index in [-0.39, 0.29) is 35.4 Å². The van der Waals surface area contributed by atoms with E-state index in [1.54, 1.807) is 4.90 Å². The molecule has 29 heavy (non-hydrogen) atoms. The third-order valence-corrected chi connectivity index (χ3v) is 8.08. The van der Waals surface area contributed by atoms with E-state index in [4.69, 9.17) is 9.47 Å². The zero-order valence-corrected chi connectivity index (χ0v) is 17.9. The lowest BCUT2D eigenvalue weighted by atomic mass is 9.55. The van der Waals surface area contributed by atoms with Crippen molar-refractivity contribution >= 4 is 12.1 Å². The smallest absolute Gasteiger partial charge is 0.410 e. The van der Waals surface area contributed by atoms with Gasteiger partial charge in [-0.3, -0.25) is 9.69 Å². The van der Waals surface area contributed by atoms with Crippen molar-refractivity contribution in [1.82, 2.24) is 4.90 Å². The number of carbonyl (C=O) groups excluding carboxylic acids is 2. The zero-order valence-electron chi connectivity index (χ0n) is 17.9. The van der Waals surface area contributed by atoms with E-state index in [1.165, 1.54) is 10.5 Å². The Morgan fingerprint density at radius 3 is 2.83 bits per heavy atom. The summed E-state index contributed by atoms with van der Waals surface area (Å²) in [6, 6.07) is 0. The first-order chi connectivity index (χ1) is 13.9. The normalized spacial score (nSPS) is 40.0. The van der Waals surface area contributed by atoms with Crippen molar-refractivity contribution in [3.05, 3.63) is 11.6 Å². The Hall–Kier alpha value is -1.60. The topological polar surface area (TPSA) is 80.5 Å². The van der Waals surface area contributed by atoms with Gasteiger partial charge in [0.15, 0.2) is 0 Å². The second-order valence-corrected chi connectivity index (χ2v) is 9.44. The van der Waals surface area contributed by atoms with Crippen molar-refractivity contribution in [3.8, 4) is 0 Å². The Morgan fingerprint density at radius 1 is 1.41 bits per heavy atom. The predicted octanol–water partition coefficient (Wildman–Crippen LogP) is 0.628. The molecule has 2 aliphatic carbocycles. The van der Waals surface area contributed by atoms with Gasteiger partial charge in [-0.2, -0.15) is 0 Å². The predicted molar refractivity (Wildman–Crippen MR) is 106 cm³/mol. The minimum absolute atomic E-state index is 0.138. The molecule has 2 N–H and O–H groups in total. The van der Waals surface area contributed by atoms with Crippen LogP contribution in [0.2, 0.25) is 0 Å². The van der Waals surface area contributed by atoms with Crippen LogP contribution in [-0.2, 0) is 14.3 Å². The van der Waals surface area contributed by atoms with Gasteiger partial charge in [0.05, 0.1) is 45.4 Å². The molecule has 3 fully saturated rings. The summed E-state index contributed by atoms with van der Waals surface area (Å²) in [7, 11) is 0. The van der Waals surface area contributed by atoms with Gasteiger partial charge in [-0.15, -0.1) is 0 Å². The van der Waals surface area contributed by atoms with Crippen LogP contribution in [0.25, 0.3) is 0 Å². The minimum Gasteiger partial charge on any atom is -0.461 e. The molecule has 2 aliphatic heterocycles. The number of aliphatic hydroxyl groups is 1. The number of ether oxygens (including phenoxy) is 2. The highest BCUT2D eigenvalue weighted by Gasteiger charge is 2.60. The third kappa shape index (κ3) is 3.46. The molecule has 0 spiro atoms. The first-order valence-electron chi connectivity index (χ1n) is 11.2. The summed E-state index contributed by atoms with van der Waals surface area (Å²) in [6.45, 7) is 10.1. The molecule has 2 heterocycles. The number of fused-ring (bicyclic) bond motifs is 2. The van der Waals surface area contributed by atoms with Crippen LogP contribution in [0.5, 0.6) is 0 Å². The number of hydrogen-bond donors (Lipinski definition) is 2. The lowest BCUT2D eigenvalue weighted by Gasteiger charge is -2.51. The molecule has 7 heteroatoms. The largest absolute Gasteiger partial charge is 0.461 e. The molecule has 0 radical (unpaired) electrons. The number of quaternary nitrogens is 1. The number of nitrogens with zero attached hydrogens (tertiary/aromatic N) is 1. The van der Waals surface area contributed by atoms with Crippen LogP contribution < -0.4 is 4.90 Å². The van der Waals surface area contributed by atoms with E-state index < -0.39 is 6.10 Å². The number of rotatable bonds is 3. The van der Waals surface area contributed by atoms with Crippen molar-refractivity contribution in [1.29, 1.82) is 0 Å². The minimum atomic E-state index is -0.556. The third-order valence-electron chi connectivity index (χ3n) is 8.08. The maximum absolute atomic E-state index is 12.8. The van der Waals surface area contributed by atoms with Gasteiger partial charge in [0.25, 0.3) is 0 Å². The molecule has 2 saturated heterocycles. The average Bonchev–Trinajstić information content (AvgIpc) is 3.00. The number of amides is 1. The lowest BCUT2D eigenvalue weighted by Crippen LogP contribution is -3.15. The standard InChI is InChI=1S/C22H34N2O5/c1-4-28-21(27)24-10-8-23(9-11-24)13-16-18-17(29-20(16)26)12-15-7-5-6-14(2)22(15,3)19(18)25/h7,14,16-19,25H,4-6,8-13H2,1-3H3/p+1/t14-,16+,17+,18-,19+,22+/m1/s1. The molecule has 0 bridgehead atoms. The molecule has 4 aliphatic rings. The highest BCUT2D eigenvalue weighted by atomic mass is 16.6. The van der Waals surface area contributed by atoms with Crippen LogP contribution in [0.4, 0.5) is 4.79 Å². The van der Waals surface area contributed by atoms with Crippen LogP contribution >= 0.6 is 0 Å². The first kappa shape index (κ1) is 20.7. The summed E-state index contributed by atoms with van der Waals surface area (Å²) in [5, 5.41) is 11.4. The van der Waals surface area contributed by atoms with Crippen molar-refractivity contribution in [2.24, 2.45) is 23.2 Å². The summed E-state index contributed by atoms with van der Waals surface area (Å²) in [6.07, 6.45) is 4.13. The van der Waals surface area contributed by atoms with Gasteiger partial charge < -0.3 is 19.5 Å². The highest BCUT2D eigenvalue weighted by molar-refractivity contribution is 5.76. The molecule has 0 unspecified atom stereocenters. The fourth-order valence-corrected chi connectivity index (χ4v) is 6.03. The summed E-state index contributed by atoms with van der Waals surface area (Å²) < 4.78 is 10.9. The fourth-order valence-electron chi connectivity index (χ4n) is 6.03. The van der Waals surface area contributed by atoms with Crippen LogP contribution in [0, 0.1) is 23.2 Å². The number of allylic oxidation sites excluding steroid dienone is 1. The molecule has 7 nitrogen and oxygen atoms in total. The van der Waals surface area contributed by atoms with Gasteiger partial charge >= 0.3 is 12.1 Å². The molecule has 1 amide bonds. The van der Waals surface area contributed by atoms with E-state index in [0.717, 1.165) is 32.4 Å². The van der Waals surface area contributed by atoms with Crippen molar-refractivity contribution in [3.63, 3.8) is 0 Å². The number of hydrogen-bond acceptors (Lipinski definition) is 5. The van der Waals surface area contributed by atoms with Gasteiger partial charge in [-0.1, -0.05) is 25.5 Å². The van der Waals surface area contributed by atoms with E-state index in [0.29, 0.717) is 32.2 Å². The average molecular weight is 408 g/mol. The zero-order chi connectivity index (χ0) is 20.8. The number of piperazine rings is 1. The van der Waals surface area contributed by atoms with Gasteiger partial charge in [0, 0.05) is 17.8 Å². The van der Waals surface area contributed by atoms with E-state index in [2.05, 4.69) is 19.9 Å². The Balaban J connectivity index is 1.44. The Bertz CT molecular complexity index is 687. The maximum atomic E-state index is 12.8. The molecule has 1 saturated carbocycles. The van der Waals surface area contributed by atoms with E-state index in [9.17, 15) is 14.7 Å². The monoisotopic (exact) mass is 407 g/mol. The second kappa shape index (κ2) is 7.91. The molecule has 4 rings (SSSR count). The Kier molecular flexibility index (Phi) is 5.64. The molecular weight excluding hydrogens is 372 g/mol. The number of nitrogens with one attached hydrogen (secondary N) is 1. The fraction of sp³-hybridized carbons (Fsp3) is 0.818. The molecule has 0 aromatic heterocycles. The highest BCUT2D eigenvalue weighted by Crippen LogP contribution is 2.55. The van der Waals surface area contributed by atoms with E-state index >= 15 is 0 Å². The second-order valence-electron chi connectivity index (χ2n) is 9.44. The van der Waals surface area contributed by atoms with Gasteiger partial charge in [0.1, 0.15) is 12.0 Å². The van der Waals surface area contributed by atoms with Gasteiger partial charge in [-0.25, -0.2) is 4.79 Å². The van der Waals surface area contributed by atoms with E-state index in [1.807, 2.05) is 6.92 Å². The SMILES string of the molecule is CCOC(=O)N1CC[NH+](C[C@@H]2C(=O)O[C@H]3CC4=CCC[C@@H](C)[C@]4(C)[C@@H](O)[C@@H]32)CC1. The summed E-state index contributed by atoms with van der Waals surface area (Å²) in [4.78, 5) is 27.7. The lowest BCUT2D eigenvalue weighted by molar-refractivity contribution is -0.906. The Labute approximate surface area is 173 Å². The van der Waals surface area contributed by atoms with Crippen LogP contribution in [0.3, 0.4) is 0 Å². The van der Waals surface area contributed by atoms with Gasteiger partial charge in [-0.05, 0) is 25.7 Å². The van der Waals surface area contributed by atoms with Crippen LogP contribution in [0.1, 0.15) is 40.0 Å². The summed E-state index contributed by atoms with van der Waals surface area (Å²) in [5.74, 6) is -0.169. The first-order valence-corrected chi connectivity index (χ1v) is 11.2. The van der Waals surface area contributed by atoms with Crippen molar-refractivity contribution in [2.75, 3.05) is 39.3 Å². The number of esters is 1. The molecular formula is C22H35N2O5+. The number of aliphatic hydroxyl groups excluding tert-OH is 1. The Morgan fingerprint density at radius 2 is 2.14 bits per heavy atom. The van der Waals surface area contributed by atoms with Crippen LogP contribution in [-0.4, -0.2) is 73.6 Å². The summed E-state index contributed by atoms with van der Waals surface area (Å²) >= 11 is 0. The molecule has 6 atom stereocenters. The summed E-state index contributed by atoms with van der Waals surface area (Å²) in [5.41, 5.74) is 1.01. The van der Waals surface area contributed by atoms with Crippen LogP contribution in [0.15, 0.2) is 11.6 Å². The maximum Gasteiger partial charge on any atom is 0.410 e.